The van der Waals surface area contributed by atoms with Crippen molar-refractivity contribution in [2.24, 2.45) is 5.10 Å². The van der Waals surface area contributed by atoms with E-state index in [1.54, 1.807) is 6.21 Å². The summed E-state index contributed by atoms with van der Waals surface area (Å²) in [6.07, 6.45) is 1.70. The Morgan fingerprint density at radius 1 is 1.00 bits per heavy atom. The van der Waals surface area contributed by atoms with Gasteiger partial charge in [-0.2, -0.15) is 5.10 Å². The van der Waals surface area contributed by atoms with Gasteiger partial charge in [-0.25, -0.2) is 5.43 Å². The van der Waals surface area contributed by atoms with E-state index in [0.29, 0.717) is 5.56 Å². The van der Waals surface area contributed by atoms with Gasteiger partial charge in [0.25, 0.3) is 5.91 Å². The molecule has 0 aliphatic heterocycles. The fourth-order valence-corrected chi connectivity index (χ4v) is 3.11. The lowest BCUT2D eigenvalue weighted by molar-refractivity contribution is 0.0955. The van der Waals surface area contributed by atoms with Gasteiger partial charge in [0.1, 0.15) is 5.75 Å². The molecule has 0 atom stereocenters. The number of hydrogen-bond acceptors (Lipinski definition) is 3. The number of carbonyl (C=O) groups is 1. The summed E-state index contributed by atoms with van der Waals surface area (Å²) in [5.74, 6) is 0.500. The molecule has 0 aliphatic rings. The van der Waals surface area contributed by atoms with Crippen LogP contribution in [0.2, 0.25) is 0 Å². The Balaban J connectivity index is 1.82. The van der Waals surface area contributed by atoms with Gasteiger partial charge in [-0.05, 0) is 53.8 Å². The Morgan fingerprint density at radius 3 is 2.34 bits per heavy atom. The first-order chi connectivity index (χ1) is 13.8. The van der Waals surface area contributed by atoms with Crippen molar-refractivity contribution in [3.8, 4) is 5.75 Å². The van der Waals surface area contributed by atoms with Crippen molar-refractivity contribution in [3.63, 3.8) is 0 Å². The van der Waals surface area contributed by atoms with E-state index in [-0.39, 0.29) is 17.4 Å². The monoisotopic (exact) mass is 388 g/mol. The highest BCUT2D eigenvalue weighted by Crippen LogP contribution is 2.27. The number of ether oxygens (including phenoxy) is 1. The molecule has 0 aromatic heterocycles. The second-order valence-corrected chi connectivity index (χ2v) is 8.39. The van der Waals surface area contributed by atoms with E-state index in [2.05, 4.69) is 31.3 Å². The standard InChI is InChI=1S/C25H28N2O2/c1-17(2)29-23-15-12-18-8-6-7-9-21(18)22(23)16-26-27-24(28)19-10-13-20(14-11-19)25(3,4)5/h6-17H,1-5H3,(H,27,28)/b26-16-. The van der Waals surface area contributed by atoms with Crippen molar-refractivity contribution >= 4 is 22.9 Å². The van der Waals surface area contributed by atoms with Crippen molar-refractivity contribution in [1.29, 1.82) is 0 Å². The molecular weight excluding hydrogens is 360 g/mol. The molecule has 1 amide bonds. The van der Waals surface area contributed by atoms with Gasteiger partial charge in [0.15, 0.2) is 0 Å². The lowest BCUT2D eigenvalue weighted by Gasteiger charge is -2.18. The highest BCUT2D eigenvalue weighted by molar-refractivity contribution is 6.03. The minimum absolute atomic E-state index is 0.0410. The van der Waals surface area contributed by atoms with Crippen LogP contribution in [0.15, 0.2) is 65.8 Å². The largest absolute Gasteiger partial charge is 0.490 e. The quantitative estimate of drug-likeness (QED) is 0.451. The van der Waals surface area contributed by atoms with Crippen LogP contribution in [0, 0.1) is 0 Å². The fourth-order valence-electron chi connectivity index (χ4n) is 3.11. The molecule has 4 heteroatoms. The smallest absolute Gasteiger partial charge is 0.271 e. The predicted molar refractivity (Wildman–Crippen MR) is 120 cm³/mol. The SMILES string of the molecule is CC(C)Oc1ccc2ccccc2c1/C=N\NC(=O)c1ccc(C(C)(C)C)cc1. The molecule has 0 radical (unpaired) electrons. The molecule has 0 aliphatic carbocycles. The van der Waals surface area contributed by atoms with E-state index in [1.807, 2.05) is 74.5 Å². The van der Waals surface area contributed by atoms with Gasteiger partial charge < -0.3 is 4.74 Å². The Bertz CT molecular complexity index is 1030. The normalized spacial score (nSPS) is 11.9. The van der Waals surface area contributed by atoms with Crippen LogP contribution in [-0.4, -0.2) is 18.2 Å². The van der Waals surface area contributed by atoms with Crippen LogP contribution < -0.4 is 10.2 Å². The highest BCUT2D eigenvalue weighted by atomic mass is 16.5. The number of nitrogens with zero attached hydrogens (tertiary/aromatic N) is 1. The minimum Gasteiger partial charge on any atom is -0.490 e. The molecule has 29 heavy (non-hydrogen) atoms. The Kier molecular flexibility index (Phi) is 6.02. The number of carbonyl (C=O) groups excluding carboxylic acids is 1. The van der Waals surface area contributed by atoms with Gasteiger partial charge >= 0.3 is 0 Å². The van der Waals surface area contributed by atoms with Crippen LogP contribution in [0.5, 0.6) is 5.75 Å². The van der Waals surface area contributed by atoms with Crippen LogP contribution in [0.1, 0.15) is 56.1 Å². The second-order valence-electron chi connectivity index (χ2n) is 8.39. The van der Waals surface area contributed by atoms with Crippen LogP contribution in [-0.2, 0) is 5.41 Å². The van der Waals surface area contributed by atoms with Crippen molar-refractivity contribution in [3.05, 3.63) is 77.4 Å². The number of amides is 1. The maximum atomic E-state index is 12.5. The molecule has 0 unspecified atom stereocenters. The average Bonchev–Trinajstić information content (AvgIpc) is 2.68. The maximum Gasteiger partial charge on any atom is 0.271 e. The van der Waals surface area contributed by atoms with E-state index in [1.165, 1.54) is 5.56 Å². The molecule has 3 aromatic carbocycles. The number of hydrazone groups is 1. The molecule has 3 rings (SSSR count). The summed E-state index contributed by atoms with van der Waals surface area (Å²) in [5, 5.41) is 6.32. The van der Waals surface area contributed by atoms with E-state index in [9.17, 15) is 4.79 Å². The van der Waals surface area contributed by atoms with Gasteiger partial charge in [-0.15, -0.1) is 0 Å². The summed E-state index contributed by atoms with van der Waals surface area (Å²) in [6, 6.07) is 19.6. The molecule has 4 nitrogen and oxygen atoms in total. The van der Waals surface area contributed by atoms with Gasteiger partial charge in [-0.1, -0.05) is 63.2 Å². The third-order valence-electron chi connectivity index (χ3n) is 4.67. The van der Waals surface area contributed by atoms with E-state index >= 15 is 0 Å². The first kappa shape index (κ1) is 20.6. The first-order valence-electron chi connectivity index (χ1n) is 9.88. The van der Waals surface area contributed by atoms with Gasteiger partial charge in [0.05, 0.1) is 12.3 Å². The molecule has 0 saturated carbocycles. The van der Waals surface area contributed by atoms with Crippen molar-refractivity contribution < 1.29 is 9.53 Å². The van der Waals surface area contributed by atoms with Crippen LogP contribution in [0.3, 0.4) is 0 Å². The summed E-state index contributed by atoms with van der Waals surface area (Å²) in [4.78, 5) is 12.5. The Hall–Kier alpha value is -3.14. The fraction of sp³-hybridized carbons (Fsp3) is 0.280. The average molecular weight is 389 g/mol. The summed E-state index contributed by atoms with van der Waals surface area (Å²) in [5.41, 5.74) is 5.28. The van der Waals surface area contributed by atoms with Crippen molar-refractivity contribution in [2.75, 3.05) is 0 Å². The summed E-state index contributed by atoms with van der Waals surface area (Å²) >= 11 is 0. The topological polar surface area (TPSA) is 50.7 Å². The number of fused-ring (bicyclic) bond motifs is 1. The predicted octanol–water partition coefficient (Wildman–Crippen LogP) is 5.69. The molecule has 3 aromatic rings. The minimum atomic E-state index is -0.242. The molecule has 0 spiro atoms. The van der Waals surface area contributed by atoms with Crippen LogP contribution >= 0.6 is 0 Å². The van der Waals surface area contributed by atoms with Crippen LogP contribution in [0.4, 0.5) is 0 Å². The molecular formula is C25H28N2O2. The Labute approximate surface area is 172 Å². The van der Waals surface area contributed by atoms with Crippen molar-refractivity contribution in [1.82, 2.24) is 5.43 Å². The second kappa shape index (κ2) is 8.48. The number of nitrogens with one attached hydrogen (secondary N) is 1. The van der Waals surface area contributed by atoms with E-state index in [4.69, 9.17) is 4.74 Å². The van der Waals surface area contributed by atoms with E-state index < -0.39 is 0 Å². The van der Waals surface area contributed by atoms with Gasteiger partial charge in [0, 0.05) is 11.1 Å². The van der Waals surface area contributed by atoms with Crippen molar-refractivity contribution in [2.45, 2.75) is 46.1 Å². The molecule has 0 heterocycles. The molecule has 1 N–H and O–H groups in total. The zero-order valence-electron chi connectivity index (χ0n) is 17.7. The third-order valence-corrected chi connectivity index (χ3v) is 4.67. The zero-order chi connectivity index (χ0) is 21.0. The first-order valence-corrected chi connectivity index (χ1v) is 9.88. The summed E-state index contributed by atoms with van der Waals surface area (Å²) < 4.78 is 5.94. The lowest BCUT2D eigenvalue weighted by Crippen LogP contribution is -2.18. The molecule has 150 valence electrons. The third kappa shape index (κ3) is 5.02. The van der Waals surface area contributed by atoms with Gasteiger partial charge in [-0.3, -0.25) is 4.79 Å². The molecule has 0 bridgehead atoms. The number of benzene rings is 3. The molecule has 0 saturated heterocycles. The number of hydrogen-bond donors (Lipinski definition) is 1. The van der Waals surface area contributed by atoms with E-state index in [0.717, 1.165) is 22.1 Å². The van der Waals surface area contributed by atoms with Crippen LogP contribution in [0.25, 0.3) is 10.8 Å². The number of rotatable bonds is 5. The summed E-state index contributed by atoms with van der Waals surface area (Å²) in [6.45, 7) is 10.4. The molecule has 0 fully saturated rings. The highest BCUT2D eigenvalue weighted by Gasteiger charge is 2.14. The lowest BCUT2D eigenvalue weighted by atomic mass is 9.87. The Morgan fingerprint density at radius 2 is 1.69 bits per heavy atom. The maximum absolute atomic E-state index is 12.5. The zero-order valence-corrected chi connectivity index (χ0v) is 17.7. The summed E-state index contributed by atoms with van der Waals surface area (Å²) in [7, 11) is 0. The van der Waals surface area contributed by atoms with Gasteiger partial charge in [0.2, 0.25) is 0 Å².